The van der Waals surface area contributed by atoms with Crippen molar-refractivity contribution in [2.45, 2.75) is 20.1 Å². The maximum absolute atomic E-state index is 6.49. The van der Waals surface area contributed by atoms with Gasteiger partial charge in [-0.15, -0.1) is 0 Å². The third-order valence-electron chi connectivity index (χ3n) is 3.94. The van der Waals surface area contributed by atoms with Crippen LogP contribution < -0.4 is 14.8 Å². The topological polar surface area (TPSA) is 30.5 Å². The Morgan fingerprint density at radius 3 is 2.30 bits per heavy atom. The van der Waals surface area contributed by atoms with Gasteiger partial charge in [-0.2, -0.15) is 0 Å². The molecule has 3 rings (SSSR count). The molecule has 3 aromatic rings. The van der Waals surface area contributed by atoms with E-state index in [1.165, 1.54) is 0 Å². The predicted molar refractivity (Wildman–Crippen MR) is 112 cm³/mol. The maximum Gasteiger partial charge on any atom is 0.180 e. The average molecular weight is 402 g/mol. The summed E-state index contributed by atoms with van der Waals surface area (Å²) in [5.74, 6) is 1.21. The normalized spacial score (nSPS) is 10.5. The van der Waals surface area contributed by atoms with Crippen LogP contribution in [-0.4, -0.2) is 6.61 Å². The van der Waals surface area contributed by atoms with Crippen LogP contribution >= 0.6 is 23.2 Å². The van der Waals surface area contributed by atoms with Crippen LogP contribution in [0.15, 0.2) is 66.7 Å². The van der Waals surface area contributed by atoms with Gasteiger partial charge in [-0.1, -0.05) is 53.5 Å². The predicted octanol–water partition coefficient (Wildman–Crippen LogP) is 6.58. The fourth-order valence-corrected chi connectivity index (χ4v) is 3.04. The Bertz CT molecular complexity index is 867. The van der Waals surface area contributed by atoms with Gasteiger partial charge in [0.2, 0.25) is 0 Å². The molecule has 0 fully saturated rings. The summed E-state index contributed by atoms with van der Waals surface area (Å²) in [6.45, 7) is 3.52. The fraction of sp³-hybridized carbons (Fsp3) is 0.182. The van der Waals surface area contributed by atoms with E-state index < -0.39 is 0 Å². The second kappa shape index (κ2) is 9.54. The van der Waals surface area contributed by atoms with Crippen LogP contribution in [0.5, 0.6) is 11.5 Å². The van der Waals surface area contributed by atoms with Gasteiger partial charge in [0, 0.05) is 17.3 Å². The number of hydrogen-bond acceptors (Lipinski definition) is 3. The first-order chi connectivity index (χ1) is 13.2. The van der Waals surface area contributed by atoms with Gasteiger partial charge in [0.1, 0.15) is 6.61 Å². The Hall–Kier alpha value is -2.36. The summed E-state index contributed by atoms with van der Waals surface area (Å²) < 4.78 is 11.7. The molecule has 0 heterocycles. The Labute approximate surface area is 169 Å². The summed E-state index contributed by atoms with van der Waals surface area (Å²) in [4.78, 5) is 0. The summed E-state index contributed by atoms with van der Waals surface area (Å²) in [7, 11) is 0. The molecule has 0 aliphatic carbocycles. The fourth-order valence-electron chi connectivity index (χ4n) is 2.63. The summed E-state index contributed by atoms with van der Waals surface area (Å²) in [5.41, 5.74) is 3.06. The standard InChI is InChI=1S/C22H21Cl2NO2/c1-2-26-21-13-17(14-25-19-10-8-18(23)9-11-19)12-20(24)22(21)27-15-16-6-4-3-5-7-16/h3-13,25H,2,14-15H2,1H3. The van der Waals surface area contributed by atoms with Crippen molar-refractivity contribution in [2.24, 2.45) is 0 Å². The molecule has 0 aliphatic rings. The molecule has 0 unspecified atom stereocenters. The van der Waals surface area contributed by atoms with Crippen molar-refractivity contribution in [3.63, 3.8) is 0 Å². The van der Waals surface area contributed by atoms with Gasteiger partial charge < -0.3 is 14.8 Å². The molecule has 5 heteroatoms. The summed E-state index contributed by atoms with van der Waals surface area (Å²) in [6, 6.07) is 21.4. The molecule has 0 aromatic heterocycles. The molecule has 0 amide bonds. The van der Waals surface area contributed by atoms with E-state index in [1.54, 1.807) is 0 Å². The molecule has 0 spiro atoms. The highest BCUT2D eigenvalue weighted by Crippen LogP contribution is 2.37. The third-order valence-corrected chi connectivity index (χ3v) is 4.47. The number of anilines is 1. The van der Waals surface area contributed by atoms with Gasteiger partial charge in [-0.25, -0.2) is 0 Å². The largest absolute Gasteiger partial charge is 0.490 e. The minimum Gasteiger partial charge on any atom is -0.490 e. The molecule has 0 saturated heterocycles. The highest BCUT2D eigenvalue weighted by atomic mass is 35.5. The summed E-state index contributed by atoms with van der Waals surface area (Å²) in [5, 5.41) is 4.59. The Morgan fingerprint density at radius 2 is 1.59 bits per heavy atom. The molecule has 0 bridgehead atoms. The van der Waals surface area contributed by atoms with E-state index in [0.717, 1.165) is 16.8 Å². The van der Waals surface area contributed by atoms with Crippen molar-refractivity contribution in [1.29, 1.82) is 0 Å². The number of nitrogens with one attached hydrogen (secondary N) is 1. The zero-order chi connectivity index (χ0) is 19.1. The molecule has 3 nitrogen and oxygen atoms in total. The van der Waals surface area contributed by atoms with E-state index in [1.807, 2.05) is 73.7 Å². The van der Waals surface area contributed by atoms with E-state index in [0.29, 0.717) is 41.3 Å². The maximum atomic E-state index is 6.49. The molecule has 0 radical (unpaired) electrons. The van der Waals surface area contributed by atoms with Crippen molar-refractivity contribution >= 4 is 28.9 Å². The molecule has 3 aromatic carbocycles. The molecule has 140 valence electrons. The highest BCUT2D eigenvalue weighted by Gasteiger charge is 2.13. The van der Waals surface area contributed by atoms with Crippen molar-refractivity contribution < 1.29 is 9.47 Å². The molecule has 1 N–H and O–H groups in total. The van der Waals surface area contributed by atoms with E-state index in [9.17, 15) is 0 Å². The van der Waals surface area contributed by atoms with Crippen molar-refractivity contribution in [2.75, 3.05) is 11.9 Å². The van der Waals surface area contributed by atoms with E-state index in [4.69, 9.17) is 32.7 Å². The highest BCUT2D eigenvalue weighted by molar-refractivity contribution is 6.32. The monoisotopic (exact) mass is 401 g/mol. The Balaban J connectivity index is 1.73. The van der Waals surface area contributed by atoms with Gasteiger partial charge in [-0.3, -0.25) is 0 Å². The molecule has 0 atom stereocenters. The smallest absolute Gasteiger partial charge is 0.180 e. The second-order valence-electron chi connectivity index (χ2n) is 5.97. The molecular formula is C22H21Cl2NO2. The van der Waals surface area contributed by atoms with Gasteiger partial charge in [0.05, 0.1) is 11.6 Å². The first-order valence-electron chi connectivity index (χ1n) is 8.77. The molecule has 0 aliphatic heterocycles. The van der Waals surface area contributed by atoms with Crippen molar-refractivity contribution in [1.82, 2.24) is 0 Å². The third kappa shape index (κ3) is 5.56. The van der Waals surface area contributed by atoms with Crippen LogP contribution in [0.3, 0.4) is 0 Å². The number of benzene rings is 3. The van der Waals surface area contributed by atoms with Crippen LogP contribution in [0.2, 0.25) is 10.0 Å². The summed E-state index contributed by atoms with van der Waals surface area (Å²) >= 11 is 12.4. The molecule has 27 heavy (non-hydrogen) atoms. The zero-order valence-electron chi connectivity index (χ0n) is 15.0. The van der Waals surface area contributed by atoms with Crippen LogP contribution in [0.4, 0.5) is 5.69 Å². The van der Waals surface area contributed by atoms with Gasteiger partial charge in [0.25, 0.3) is 0 Å². The Morgan fingerprint density at radius 1 is 0.852 bits per heavy atom. The zero-order valence-corrected chi connectivity index (χ0v) is 16.6. The lowest BCUT2D eigenvalue weighted by Crippen LogP contribution is -2.04. The number of halogens is 2. The lowest BCUT2D eigenvalue weighted by atomic mass is 10.2. The van der Waals surface area contributed by atoms with Gasteiger partial charge in [0.15, 0.2) is 11.5 Å². The van der Waals surface area contributed by atoms with E-state index in [2.05, 4.69) is 5.32 Å². The Kier molecular flexibility index (Phi) is 6.86. The number of rotatable bonds is 8. The molecule has 0 saturated carbocycles. The second-order valence-corrected chi connectivity index (χ2v) is 6.82. The number of ether oxygens (including phenoxy) is 2. The quantitative estimate of drug-likeness (QED) is 0.462. The lowest BCUT2D eigenvalue weighted by Gasteiger charge is -2.16. The first-order valence-corrected chi connectivity index (χ1v) is 9.52. The average Bonchev–Trinajstić information content (AvgIpc) is 2.68. The minimum absolute atomic E-state index is 0.434. The van der Waals surface area contributed by atoms with E-state index in [-0.39, 0.29) is 0 Å². The number of hydrogen-bond donors (Lipinski definition) is 1. The van der Waals surface area contributed by atoms with Crippen LogP contribution in [0, 0.1) is 0 Å². The SMILES string of the molecule is CCOc1cc(CNc2ccc(Cl)cc2)cc(Cl)c1OCc1ccccc1. The first kappa shape index (κ1) is 19.4. The van der Waals surface area contributed by atoms with Crippen LogP contribution in [-0.2, 0) is 13.2 Å². The lowest BCUT2D eigenvalue weighted by molar-refractivity contribution is 0.269. The van der Waals surface area contributed by atoms with Crippen LogP contribution in [0.25, 0.3) is 0 Å². The van der Waals surface area contributed by atoms with Crippen molar-refractivity contribution in [3.05, 3.63) is 87.9 Å². The van der Waals surface area contributed by atoms with Gasteiger partial charge >= 0.3 is 0 Å². The van der Waals surface area contributed by atoms with Crippen LogP contribution in [0.1, 0.15) is 18.1 Å². The van der Waals surface area contributed by atoms with Crippen molar-refractivity contribution in [3.8, 4) is 11.5 Å². The van der Waals surface area contributed by atoms with Gasteiger partial charge in [-0.05, 0) is 54.4 Å². The van der Waals surface area contributed by atoms with E-state index >= 15 is 0 Å². The summed E-state index contributed by atoms with van der Waals surface area (Å²) in [6.07, 6.45) is 0. The molecular weight excluding hydrogens is 381 g/mol. The minimum atomic E-state index is 0.434.